The maximum Gasteiger partial charge on any atom is 0.290 e. The van der Waals surface area contributed by atoms with Gasteiger partial charge in [0, 0.05) is 11.6 Å². The lowest BCUT2D eigenvalue weighted by Gasteiger charge is -2.26. The second-order valence-electron chi connectivity index (χ2n) is 6.92. The molecule has 2 aliphatic rings. The highest BCUT2D eigenvalue weighted by atomic mass is 32.2. The lowest BCUT2D eigenvalue weighted by Crippen LogP contribution is -2.28. The number of anilines is 1. The van der Waals surface area contributed by atoms with Crippen LogP contribution in [0.25, 0.3) is 17.3 Å². The normalized spacial score (nSPS) is 23.7. The van der Waals surface area contributed by atoms with Crippen molar-refractivity contribution < 1.29 is 14.7 Å². The minimum absolute atomic E-state index is 0.192. The summed E-state index contributed by atoms with van der Waals surface area (Å²) in [7, 11) is 0. The average Bonchev–Trinajstić information content (AvgIpc) is 3.01. The van der Waals surface area contributed by atoms with Gasteiger partial charge in [-0.2, -0.15) is 0 Å². The predicted molar refractivity (Wildman–Crippen MR) is 108 cm³/mol. The molecule has 0 spiro atoms. The molecule has 7 nitrogen and oxygen atoms in total. The maximum absolute atomic E-state index is 11.7. The fourth-order valence-corrected chi connectivity index (χ4v) is 4.05. The van der Waals surface area contributed by atoms with E-state index in [9.17, 15) is 14.7 Å². The molecule has 1 aliphatic heterocycles. The molecular formula is C20H20N4O3S. The summed E-state index contributed by atoms with van der Waals surface area (Å²) in [6.07, 6.45) is 8.32. The number of carbonyl (C=O) groups is 2. The van der Waals surface area contributed by atoms with Gasteiger partial charge in [0.15, 0.2) is 0 Å². The van der Waals surface area contributed by atoms with Gasteiger partial charge in [-0.3, -0.25) is 19.9 Å². The Bertz CT molecular complexity index is 939. The molecular weight excluding hydrogens is 376 g/mol. The smallest absolute Gasteiger partial charge is 0.290 e. The lowest BCUT2D eigenvalue weighted by molar-refractivity contribution is -0.115. The van der Waals surface area contributed by atoms with Gasteiger partial charge >= 0.3 is 0 Å². The van der Waals surface area contributed by atoms with E-state index < -0.39 is 0 Å². The quantitative estimate of drug-likeness (QED) is 0.682. The number of hydrogen-bond acceptors (Lipinski definition) is 7. The van der Waals surface area contributed by atoms with Gasteiger partial charge in [-0.05, 0) is 55.2 Å². The third kappa shape index (κ3) is 4.40. The van der Waals surface area contributed by atoms with Crippen molar-refractivity contribution in [2.75, 3.05) is 5.32 Å². The Balaban J connectivity index is 1.52. The second-order valence-corrected chi connectivity index (χ2v) is 7.93. The monoisotopic (exact) mass is 396 g/mol. The number of imide groups is 1. The standard InChI is InChI=1S/C20H20N4O3S/c25-15-6-4-14(5-7-15)22-18-11-21-10-16(23-18)13-3-1-2-12(8-13)9-17-19(26)24-20(27)28-17/h1-3,8-11,14-15,25H,4-7H2,(H,22,23)(H,24,26,27)/b17-9-. The Morgan fingerprint density at radius 2 is 2.00 bits per heavy atom. The Kier molecular flexibility index (Phi) is 5.40. The van der Waals surface area contributed by atoms with Crippen molar-refractivity contribution in [3.8, 4) is 11.3 Å². The lowest BCUT2D eigenvalue weighted by atomic mass is 9.93. The van der Waals surface area contributed by atoms with E-state index in [0.717, 1.165) is 54.3 Å². The number of nitrogens with zero attached hydrogens (tertiary/aromatic N) is 2. The third-order valence-electron chi connectivity index (χ3n) is 4.81. The molecule has 0 bridgehead atoms. The van der Waals surface area contributed by atoms with Crippen LogP contribution in [0.1, 0.15) is 31.2 Å². The highest BCUT2D eigenvalue weighted by Crippen LogP contribution is 2.27. The van der Waals surface area contributed by atoms with Gasteiger partial charge in [0.2, 0.25) is 0 Å². The molecule has 0 unspecified atom stereocenters. The second kappa shape index (κ2) is 8.12. The van der Waals surface area contributed by atoms with Crippen LogP contribution in [0.3, 0.4) is 0 Å². The molecule has 28 heavy (non-hydrogen) atoms. The maximum atomic E-state index is 11.7. The first-order chi connectivity index (χ1) is 13.6. The first kappa shape index (κ1) is 18.6. The molecule has 2 aromatic rings. The molecule has 3 N–H and O–H groups in total. The molecule has 1 aromatic heterocycles. The molecule has 1 aliphatic carbocycles. The van der Waals surface area contributed by atoms with Crippen LogP contribution in [0, 0.1) is 0 Å². The Morgan fingerprint density at radius 1 is 1.18 bits per heavy atom. The zero-order valence-electron chi connectivity index (χ0n) is 15.1. The molecule has 8 heteroatoms. The van der Waals surface area contributed by atoms with Gasteiger partial charge < -0.3 is 10.4 Å². The molecule has 144 valence electrons. The van der Waals surface area contributed by atoms with Crippen molar-refractivity contribution in [2.24, 2.45) is 0 Å². The van der Waals surface area contributed by atoms with E-state index in [-0.39, 0.29) is 17.3 Å². The first-order valence-electron chi connectivity index (χ1n) is 9.19. The molecule has 1 saturated heterocycles. The number of hydrogen-bond donors (Lipinski definition) is 3. The van der Waals surface area contributed by atoms with Gasteiger partial charge in [-0.15, -0.1) is 0 Å². The highest BCUT2D eigenvalue weighted by molar-refractivity contribution is 8.18. The largest absolute Gasteiger partial charge is 0.393 e. The Labute approximate surface area is 166 Å². The van der Waals surface area contributed by atoms with Crippen molar-refractivity contribution in [3.63, 3.8) is 0 Å². The topological polar surface area (TPSA) is 104 Å². The first-order valence-corrected chi connectivity index (χ1v) is 10.0. The number of aromatic nitrogens is 2. The van der Waals surface area contributed by atoms with E-state index in [1.54, 1.807) is 18.5 Å². The Morgan fingerprint density at radius 3 is 2.75 bits per heavy atom. The average molecular weight is 396 g/mol. The highest BCUT2D eigenvalue weighted by Gasteiger charge is 2.25. The van der Waals surface area contributed by atoms with Crippen LogP contribution in [-0.4, -0.2) is 38.4 Å². The van der Waals surface area contributed by atoms with Gasteiger partial charge in [0.1, 0.15) is 5.82 Å². The minimum atomic E-state index is -0.371. The molecule has 2 heterocycles. The third-order valence-corrected chi connectivity index (χ3v) is 5.62. The number of aliphatic hydroxyl groups excluding tert-OH is 1. The SMILES string of the molecule is O=C1NC(=O)/C(=C/c2cccc(-c3cncc(NC4CCC(O)CC4)n3)c2)S1. The van der Waals surface area contributed by atoms with E-state index in [2.05, 4.69) is 20.6 Å². The van der Waals surface area contributed by atoms with Gasteiger partial charge in [-0.1, -0.05) is 18.2 Å². The van der Waals surface area contributed by atoms with Gasteiger partial charge in [-0.25, -0.2) is 4.98 Å². The number of amides is 2. The predicted octanol–water partition coefficient (Wildman–Crippen LogP) is 3.18. The summed E-state index contributed by atoms with van der Waals surface area (Å²) in [5.41, 5.74) is 2.41. The number of rotatable bonds is 4. The van der Waals surface area contributed by atoms with E-state index in [1.807, 2.05) is 24.3 Å². The summed E-state index contributed by atoms with van der Waals surface area (Å²) >= 11 is 0.898. The molecule has 0 atom stereocenters. The van der Waals surface area contributed by atoms with Crippen LogP contribution < -0.4 is 10.6 Å². The molecule has 2 fully saturated rings. The summed E-state index contributed by atoms with van der Waals surface area (Å²) in [4.78, 5) is 32.4. The number of carbonyl (C=O) groups excluding carboxylic acids is 2. The number of nitrogens with one attached hydrogen (secondary N) is 2. The van der Waals surface area contributed by atoms with E-state index in [4.69, 9.17) is 0 Å². The summed E-state index contributed by atoms with van der Waals surface area (Å²) in [6, 6.07) is 7.88. The van der Waals surface area contributed by atoms with Crippen LogP contribution in [0.2, 0.25) is 0 Å². The summed E-state index contributed by atoms with van der Waals surface area (Å²) < 4.78 is 0. The van der Waals surface area contributed by atoms with Crippen LogP contribution >= 0.6 is 11.8 Å². The van der Waals surface area contributed by atoms with Crippen LogP contribution in [0.5, 0.6) is 0 Å². The van der Waals surface area contributed by atoms with Gasteiger partial charge in [0.25, 0.3) is 11.1 Å². The van der Waals surface area contributed by atoms with Crippen LogP contribution in [0.15, 0.2) is 41.6 Å². The summed E-state index contributed by atoms with van der Waals surface area (Å²) in [6.45, 7) is 0. The zero-order valence-corrected chi connectivity index (χ0v) is 15.9. The summed E-state index contributed by atoms with van der Waals surface area (Å²) in [5, 5.41) is 14.9. The molecule has 2 amide bonds. The minimum Gasteiger partial charge on any atom is -0.393 e. The van der Waals surface area contributed by atoms with E-state index >= 15 is 0 Å². The van der Waals surface area contributed by atoms with E-state index in [1.165, 1.54) is 0 Å². The summed E-state index contributed by atoms with van der Waals surface area (Å²) in [5.74, 6) is 0.336. The molecule has 0 radical (unpaired) electrons. The fourth-order valence-electron chi connectivity index (χ4n) is 3.36. The molecule has 1 aromatic carbocycles. The van der Waals surface area contributed by atoms with Crippen molar-refractivity contribution in [1.29, 1.82) is 0 Å². The zero-order chi connectivity index (χ0) is 19.5. The number of benzene rings is 1. The van der Waals surface area contributed by atoms with Crippen LogP contribution in [-0.2, 0) is 4.79 Å². The molecule has 1 saturated carbocycles. The van der Waals surface area contributed by atoms with Gasteiger partial charge in [0.05, 0.1) is 29.1 Å². The van der Waals surface area contributed by atoms with Crippen molar-refractivity contribution in [1.82, 2.24) is 15.3 Å². The number of aliphatic hydroxyl groups is 1. The fraction of sp³-hybridized carbons (Fsp3) is 0.300. The van der Waals surface area contributed by atoms with Crippen molar-refractivity contribution in [3.05, 3.63) is 47.1 Å². The van der Waals surface area contributed by atoms with Crippen molar-refractivity contribution in [2.45, 2.75) is 37.8 Å². The van der Waals surface area contributed by atoms with E-state index in [0.29, 0.717) is 16.8 Å². The molecule has 4 rings (SSSR count). The van der Waals surface area contributed by atoms with Crippen molar-refractivity contribution >= 4 is 34.8 Å². The Hall–Kier alpha value is -2.71. The number of thioether (sulfide) groups is 1. The van der Waals surface area contributed by atoms with Crippen LogP contribution in [0.4, 0.5) is 10.6 Å².